The van der Waals surface area contributed by atoms with E-state index in [2.05, 4.69) is 22.5 Å². The second-order valence-electron chi connectivity index (χ2n) is 10.0. The Hall–Kier alpha value is -3.61. The zero-order valence-corrected chi connectivity index (χ0v) is 21.6. The smallest absolute Gasteiger partial charge is 0.297 e. The van der Waals surface area contributed by atoms with Gasteiger partial charge in [0.1, 0.15) is 5.75 Å². The first-order valence-electron chi connectivity index (χ1n) is 12.8. The van der Waals surface area contributed by atoms with E-state index in [1.165, 1.54) is 0 Å². The average Bonchev–Trinajstić information content (AvgIpc) is 3.68. The molecule has 1 aliphatic carbocycles. The van der Waals surface area contributed by atoms with Gasteiger partial charge in [0.25, 0.3) is 11.5 Å². The van der Waals surface area contributed by atoms with Gasteiger partial charge in [-0.2, -0.15) is 0 Å². The Bertz CT molecular complexity index is 1280. The van der Waals surface area contributed by atoms with Crippen LogP contribution in [-0.4, -0.2) is 28.1 Å². The van der Waals surface area contributed by atoms with Gasteiger partial charge in [-0.3, -0.25) is 14.2 Å². The summed E-state index contributed by atoms with van der Waals surface area (Å²) in [6.07, 6.45) is 8.54. The highest BCUT2D eigenvalue weighted by atomic mass is 16.5. The molecule has 0 unspecified atom stereocenters. The number of hydrogen-bond acceptors (Lipinski definition) is 5. The monoisotopic (exact) mass is 488 g/mol. The van der Waals surface area contributed by atoms with Crippen LogP contribution >= 0.6 is 0 Å². The number of carbonyl (C=O) groups excluding carboxylic acids is 1. The molecule has 0 spiro atoms. The molecule has 190 valence electrons. The first kappa shape index (κ1) is 25.5. The van der Waals surface area contributed by atoms with Crippen LogP contribution in [0.25, 0.3) is 5.69 Å². The Morgan fingerprint density at radius 3 is 2.69 bits per heavy atom. The summed E-state index contributed by atoms with van der Waals surface area (Å²) >= 11 is 0. The highest BCUT2D eigenvalue weighted by Gasteiger charge is 2.27. The van der Waals surface area contributed by atoms with E-state index in [-0.39, 0.29) is 23.3 Å². The van der Waals surface area contributed by atoms with Crippen LogP contribution in [0.2, 0.25) is 0 Å². The number of para-hydroxylation sites is 1. The van der Waals surface area contributed by atoms with E-state index in [0.29, 0.717) is 17.9 Å². The van der Waals surface area contributed by atoms with Crippen molar-refractivity contribution in [1.82, 2.24) is 14.9 Å². The van der Waals surface area contributed by atoms with Crippen LogP contribution in [0.4, 0.5) is 5.82 Å². The number of benzene rings is 2. The van der Waals surface area contributed by atoms with Gasteiger partial charge in [-0.25, -0.2) is 4.98 Å². The number of nitrogens with zero attached hydrogens (tertiary/aromatic N) is 2. The first-order chi connectivity index (χ1) is 17.3. The summed E-state index contributed by atoms with van der Waals surface area (Å²) < 4.78 is 7.63. The Labute approximate surface area is 212 Å². The molecule has 7 heteroatoms. The van der Waals surface area contributed by atoms with Gasteiger partial charge < -0.3 is 15.4 Å². The van der Waals surface area contributed by atoms with Crippen LogP contribution in [0.15, 0.2) is 59.7 Å². The number of rotatable bonds is 11. The average molecular weight is 489 g/mol. The minimum atomic E-state index is -0.617. The second kappa shape index (κ2) is 11.0. The van der Waals surface area contributed by atoms with Crippen LogP contribution in [-0.2, 0) is 5.54 Å². The van der Waals surface area contributed by atoms with Crippen molar-refractivity contribution in [3.05, 3.63) is 81.9 Å². The minimum absolute atomic E-state index is 0.115. The lowest BCUT2D eigenvalue weighted by atomic mass is 9.93. The number of amides is 1. The van der Waals surface area contributed by atoms with E-state index in [0.717, 1.165) is 49.0 Å². The van der Waals surface area contributed by atoms with E-state index < -0.39 is 5.54 Å². The number of nitrogens with one attached hydrogen (secondary N) is 2. The molecule has 0 atom stereocenters. The van der Waals surface area contributed by atoms with Crippen LogP contribution in [0, 0.1) is 6.92 Å². The number of aryl methyl sites for hydroxylation is 1. The van der Waals surface area contributed by atoms with Crippen molar-refractivity contribution in [1.29, 1.82) is 0 Å². The van der Waals surface area contributed by atoms with Crippen LogP contribution in [0.5, 0.6) is 5.75 Å². The fourth-order valence-electron chi connectivity index (χ4n) is 4.20. The number of carbonyl (C=O) groups is 1. The fraction of sp³-hybridized carbons (Fsp3) is 0.414. The number of ether oxygens (including phenoxy) is 1. The van der Waals surface area contributed by atoms with Gasteiger partial charge >= 0.3 is 0 Å². The number of anilines is 1. The molecule has 7 nitrogen and oxygen atoms in total. The quantitative estimate of drug-likeness (QED) is 0.356. The minimum Gasteiger partial charge on any atom is -0.493 e. The summed E-state index contributed by atoms with van der Waals surface area (Å²) in [6, 6.07) is 13.6. The van der Waals surface area contributed by atoms with E-state index in [4.69, 9.17) is 4.74 Å². The van der Waals surface area contributed by atoms with Crippen molar-refractivity contribution in [2.45, 2.75) is 71.4 Å². The van der Waals surface area contributed by atoms with Crippen molar-refractivity contribution < 1.29 is 9.53 Å². The van der Waals surface area contributed by atoms with Crippen LogP contribution in [0.3, 0.4) is 0 Å². The number of aromatic nitrogens is 2. The standard InChI is InChI=1S/C29H36N4O3/c1-5-6-9-18-36-25-11-8-7-10-23(25)29(3,4)32-26-28(35)33(17-16-30-26)24-19-21(13-12-20(24)2)27(34)31-22-14-15-22/h7-8,10-13,16-17,19,22H,5-6,9,14-15,18H2,1-4H3,(H,30,32)(H,31,34). The summed E-state index contributed by atoms with van der Waals surface area (Å²) in [5.41, 5.74) is 2.14. The molecule has 4 rings (SSSR count). The molecule has 0 radical (unpaired) electrons. The van der Waals surface area contributed by atoms with Gasteiger partial charge in [0.05, 0.1) is 17.8 Å². The van der Waals surface area contributed by atoms with Gasteiger partial charge in [-0.1, -0.05) is 44.0 Å². The molecule has 2 aromatic carbocycles. The van der Waals surface area contributed by atoms with E-state index in [9.17, 15) is 9.59 Å². The number of hydrogen-bond donors (Lipinski definition) is 2. The Balaban J connectivity index is 1.60. The molecule has 0 saturated heterocycles. The number of unbranched alkanes of at least 4 members (excludes halogenated alkanes) is 2. The molecule has 1 saturated carbocycles. The highest BCUT2D eigenvalue weighted by molar-refractivity contribution is 5.95. The largest absolute Gasteiger partial charge is 0.493 e. The van der Waals surface area contributed by atoms with Gasteiger partial charge in [0.2, 0.25) is 0 Å². The maximum atomic E-state index is 13.5. The molecule has 1 fully saturated rings. The molecule has 1 heterocycles. The van der Waals surface area contributed by atoms with Gasteiger partial charge in [-0.05, 0) is 63.8 Å². The molecule has 1 aliphatic rings. The third-order valence-corrected chi connectivity index (χ3v) is 6.48. The Kier molecular flexibility index (Phi) is 7.77. The third kappa shape index (κ3) is 5.96. The van der Waals surface area contributed by atoms with Crippen LogP contribution in [0.1, 0.15) is 74.4 Å². The summed E-state index contributed by atoms with van der Waals surface area (Å²) in [6.45, 7) is 8.76. The lowest BCUT2D eigenvalue weighted by Crippen LogP contribution is -2.34. The summed E-state index contributed by atoms with van der Waals surface area (Å²) in [5, 5.41) is 6.35. The molecular formula is C29H36N4O3. The Morgan fingerprint density at radius 2 is 1.94 bits per heavy atom. The van der Waals surface area contributed by atoms with Crippen molar-refractivity contribution in [2.75, 3.05) is 11.9 Å². The zero-order valence-electron chi connectivity index (χ0n) is 21.6. The highest BCUT2D eigenvalue weighted by Crippen LogP contribution is 2.32. The third-order valence-electron chi connectivity index (χ3n) is 6.48. The lowest BCUT2D eigenvalue weighted by molar-refractivity contribution is 0.0951. The molecule has 1 aromatic heterocycles. The normalized spacial score (nSPS) is 13.3. The zero-order chi connectivity index (χ0) is 25.7. The topological polar surface area (TPSA) is 85.2 Å². The van der Waals surface area contributed by atoms with Crippen LogP contribution < -0.4 is 20.9 Å². The summed E-state index contributed by atoms with van der Waals surface area (Å²) in [7, 11) is 0. The molecule has 0 bridgehead atoms. The second-order valence-corrected chi connectivity index (χ2v) is 10.0. The molecule has 3 aromatic rings. The Morgan fingerprint density at radius 1 is 1.17 bits per heavy atom. The van der Waals surface area contributed by atoms with Crippen molar-refractivity contribution in [3.63, 3.8) is 0 Å². The van der Waals surface area contributed by atoms with Gasteiger partial charge in [0.15, 0.2) is 5.82 Å². The molecule has 36 heavy (non-hydrogen) atoms. The molecule has 0 aliphatic heterocycles. The van der Waals surface area contributed by atoms with Crippen molar-refractivity contribution >= 4 is 11.7 Å². The summed E-state index contributed by atoms with van der Waals surface area (Å²) in [5.74, 6) is 0.916. The molecule has 1 amide bonds. The predicted molar refractivity (Wildman–Crippen MR) is 143 cm³/mol. The maximum Gasteiger partial charge on any atom is 0.297 e. The molecule has 2 N–H and O–H groups in total. The van der Waals surface area contributed by atoms with Crippen molar-refractivity contribution in [3.8, 4) is 11.4 Å². The van der Waals surface area contributed by atoms with Gasteiger partial charge in [-0.15, -0.1) is 0 Å². The lowest BCUT2D eigenvalue weighted by Gasteiger charge is -2.29. The first-order valence-corrected chi connectivity index (χ1v) is 12.8. The molecular weight excluding hydrogens is 452 g/mol. The summed E-state index contributed by atoms with van der Waals surface area (Å²) in [4.78, 5) is 30.5. The fourth-order valence-corrected chi connectivity index (χ4v) is 4.20. The predicted octanol–water partition coefficient (Wildman–Crippen LogP) is 5.35. The van der Waals surface area contributed by atoms with E-state index >= 15 is 0 Å². The maximum absolute atomic E-state index is 13.5. The van der Waals surface area contributed by atoms with Crippen molar-refractivity contribution in [2.24, 2.45) is 0 Å². The van der Waals surface area contributed by atoms with E-state index in [1.807, 2.05) is 51.1 Å². The SMILES string of the molecule is CCCCCOc1ccccc1C(C)(C)Nc1nccn(-c2cc(C(=O)NC3CC3)ccc2C)c1=O. The van der Waals surface area contributed by atoms with Gasteiger partial charge in [0, 0.05) is 29.6 Å². The van der Waals surface area contributed by atoms with E-state index in [1.54, 1.807) is 29.1 Å².